The molecule has 1 heterocycles. The molecule has 1 aliphatic rings. The number of carbonyl (C=O) groups excluding carboxylic acids is 1. The van der Waals surface area contributed by atoms with Gasteiger partial charge in [0.25, 0.3) is 0 Å². The molecule has 0 spiro atoms. The standard InChI is InChI=1S/C13H13NO2/c1-10(15)16-9-11-6-12-4-2-3-5-13(12)8-14-7-11/h2-7H,8-9H2,1H3. The predicted molar refractivity (Wildman–Crippen MR) is 63.2 cm³/mol. The summed E-state index contributed by atoms with van der Waals surface area (Å²) >= 11 is 0. The lowest BCUT2D eigenvalue weighted by Gasteiger charge is -2.02. The second-order valence-corrected chi connectivity index (χ2v) is 3.67. The van der Waals surface area contributed by atoms with Crippen LogP contribution in [0.15, 0.2) is 34.8 Å². The summed E-state index contributed by atoms with van der Waals surface area (Å²) in [4.78, 5) is 15.0. The minimum Gasteiger partial charge on any atom is -0.461 e. The van der Waals surface area contributed by atoms with Gasteiger partial charge in [0.1, 0.15) is 6.61 Å². The van der Waals surface area contributed by atoms with Gasteiger partial charge in [-0.2, -0.15) is 0 Å². The van der Waals surface area contributed by atoms with Crippen LogP contribution in [-0.4, -0.2) is 18.8 Å². The van der Waals surface area contributed by atoms with Crippen LogP contribution in [0.5, 0.6) is 0 Å². The normalized spacial score (nSPS) is 13.7. The molecule has 0 saturated heterocycles. The zero-order valence-corrected chi connectivity index (χ0v) is 9.14. The van der Waals surface area contributed by atoms with E-state index in [2.05, 4.69) is 11.1 Å². The van der Waals surface area contributed by atoms with E-state index >= 15 is 0 Å². The monoisotopic (exact) mass is 215 g/mol. The molecule has 0 saturated carbocycles. The maximum absolute atomic E-state index is 10.7. The maximum atomic E-state index is 10.7. The van der Waals surface area contributed by atoms with Crippen molar-refractivity contribution in [2.45, 2.75) is 13.5 Å². The topological polar surface area (TPSA) is 38.7 Å². The van der Waals surface area contributed by atoms with Crippen molar-refractivity contribution in [2.75, 3.05) is 6.61 Å². The van der Waals surface area contributed by atoms with Crippen molar-refractivity contribution in [3.63, 3.8) is 0 Å². The number of ether oxygens (including phenoxy) is 1. The molecule has 0 unspecified atom stereocenters. The van der Waals surface area contributed by atoms with Gasteiger partial charge in [0.05, 0.1) is 6.54 Å². The van der Waals surface area contributed by atoms with Crippen molar-refractivity contribution in [3.05, 3.63) is 41.0 Å². The smallest absolute Gasteiger partial charge is 0.302 e. The number of hydrogen-bond donors (Lipinski definition) is 0. The molecule has 0 fully saturated rings. The third-order valence-corrected chi connectivity index (χ3v) is 2.36. The fourth-order valence-electron chi connectivity index (χ4n) is 1.58. The zero-order valence-electron chi connectivity index (χ0n) is 9.14. The first-order valence-electron chi connectivity index (χ1n) is 5.17. The average Bonchev–Trinajstić information content (AvgIpc) is 2.47. The van der Waals surface area contributed by atoms with E-state index in [4.69, 9.17) is 4.74 Å². The third-order valence-electron chi connectivity index (χ3n) is 2.36. The molecule has 3 heteroatoms. The fraction of sp³-hybridized carbons (Fsp3) is 0.231. The molecule has 0 atom stereocenters. The Morgan fingerprint density at radius 3 is 3.06 bits per heavy atom. The summed E-state index contributed by atoms with van der Waals surface area (Å²) in [5.41, 5.74) is 3.25. The van der Waals surface area contributed by atoms with Crippen molar-refractivity contribution < 1.29 is 9.53 Å². The van der Waals surface area contributed by atoms with E-state index in [0.29, 0.717) is 6.54 Å². The molecule has 0 aliphatic carbocycles. The van der Waals surface area contributed by atoms with Crippen molar-refractivity contribution in [1.82, 2.24) is 0 Å². The molecule has 1 aromatic rings. The van der Waals surface area contributed by atoms with Gasteiger partial charge in [-0.1, -0.05) is 24.3 Å². The molecular weight excluding hydrogens is 202 g/mol. The minimum absolute atomic E-state index is 0.271. The van der Waals surface area contributed by atoms with Crippen LogP contribution in [0.25, 0.3) is 6.08 Å². The Balaban J connectivity index is 2.21. The Morgan fingerprint density at radius 2 is 2.25 bits per heavy atom. The van der Waals surface area contributed by atoms with Crippen LogP contribution in [-0.2, 0) is 16.1 Å². The molecule has 2 rings (SSSR count). The van der Waals surface area contributed by atoms with Crippen LogP contribution in [0.3, 0.4) is 0 Å². The van der Waals surface area contributed by atoms with Crippen LogP contribution in [0.4, 0.5) is 0 Å². The highest BCUT2D eigenvalue weighted by molar-refractivity contribution is 5.87. The summed E-state index contributed by atoms with van der Waals surface area (Å²) < 4.78 is 4.95. The number of fused-ring (bicyclic) bond motifs is 1. The summed E-state index contributed by atoms with van der Waals surface area (Å²) in [6.45, 7) is 2.37. The maximum Gasteiger partial charge on any atom is 0.302 e. The average molecular weight is 215 g/mol. The number of hydrogen-bond acceptors (Lipinski definition) is 3. The number of benzene rings is 1. The molecule has 1 aromatic carbocycles. The molecule has 3 nitrogen and oxygen atoms in total. The highest BCUT2D eigenvalue weighted by atomic mass is 16.5. The Hall–Kier alpha value is -1.90. The number of nitrogens with zero attached hydrogens (tertiary/aromatic N) is 1. The lowest BCUT2D eigenvalue weighted by molar-refractivity contribution is -0.139. The molecule has 0 bridgehead atoms. The Kier molecular flexibility index (Phi) is 3.15. The number of aliphatic imine (C=N–C) groups is 1. The van der Waals surface area contributed by atoms with E-state index in [0.717, 1.165) is 11.1 Å². The second-order valence-electron chi connectivity index (χ2n) is 3.67. The first-order valence-corrected chi connectivity index (χ1v) is 5.17. The zero-order chi connectivity index (χ0) is 11.4. The van der Waals surface area contributed by atoms with Crippen molar-refractivity contribution in [1.29, 1.82) is 0 Å². The van der Waals surface area contributed by atoms with Crippen molar-refractivity contribution >= 4 is 18.3 Å². The summed E-state index contributed by atoms with van der Waals surface area (Å²) in [6, 6.07) is 8.08. The third kappa shape index (κ3) is 2.57. The Labute approximate surface area is 94.5 Å². The van der Waals surface area contributed by atoms with Gasteiger partial charge in [-0.25, -0.2) is 0 Å². The van der Waals surface area contributed by atoms with Crippen LogP contribution in [0.2, 0.25) is 0 Å². The molecule has 16 heavy (non-hydrogen) atoms. The van der Waals surface area contributed by atoms with Gasteiger partial charge in [-0.15, -0.1) is 0 Å². The Morgan fingerprint density at radius 1 is 1.44 bits per heavy atom. The lowest BCUT2D eigenvalue weighted by atomic mass is 10.1. The van der Waals surface area contributed by atoms with E-state index in [-0.39, 0.29) is 12.6 Å². The quantitative estimate of drug-likeness (QED) is 0.709. The Bertz CT molecular complexity index is 461. The van der Waals surface area contributed by atoms with Crippen LogP contribution < -0.4 is 0 Å². The molecule has 0 radical (unpaired) electrons. The van der Waals surface area contributed by atoms with Gasteiger partial charge in [-0.05, 0) is 17.2 Å². The van der Waals surface area contributed by atoms with Gasteiger partial charge in [0, 0.05) is 18.7 Å². The number of esters is 1. The summed E-state index contributed by atoms with van der Waals surface area (Å²) in [5.74, 6) is -0.271. The highest BCUT2D eigenvalue weighted by Gasteiger charge is 2.05. The molecule has 0 N–H and O–H groups in total. The SMILES string of the molecule is CC(=O)OCC1=Cc2ccccc2CN=C1. The minimum atomic E-state index is -0.271. The first kappa shape index (κ1) is 10.6. The summed E-state index contributed by atoms with van der Waals surface area (Å²) in [6.07, 6.45) is 3.78. The van der Waals surface area contributed by atoms with E-state index in [1.165, 1.54) is 12.5 Å². The second kappa shape index (κ2) is 4.75. The van der Waals surface area contributed by atoms with Crippen LogP contribution >= 0.6 is 0 Å². The van der Waals surface area contributed by atoms with Gasteiger partial charge >= 0.3 is 5.97 Å². The fourth-order valence-corrected chi connectivity index (χ4v) is 1.58. The van der Waals surface area contributed by atoms with Gasteiger partial charge in [0.2, 0.25) is 0 Å². The van der Waals surface area contributed by atoms with Gasteiger partial charge in [0.15, 0.2) is 0 Å². The summed E-state index contributed by atoms with van der Waals surface area (Å²) in [7, 11) is 0. The molecular formula is C13H13NO2. The van der Waals surface area contributed by atoms with Crippen LogP contribution in [0.1, 0.15) is 18.1 Å². The molecule has 0 amide bonds. The molecule has 82 valence electrons. The van der Waals surface area contributed by atoms with Crippen molar-refractivity contribution in [3.8, 4) is 0 Å². The first-order chi connectivity index (χ1) is 7.75. The van der Waals surface area contributed by atoms with Gasteiger partial charge in [-0.3, -0.25) is 9.79 Å². The predicted octanol–water partition coefficient (Wildman–Crippen LogP) is 2.22. The van der Waals surface area contributed by atoms with Crippen LogP contribution in [0, 0.1) is 0 Å². The number of carbonyl (C=O) groups is 1. The van der Waals surface area contributed by atoms with E-state index in [1.54, 1.807) is 6.21 Å². The lowest BCUT2D eigenvalue weighted by Crippen LogP contribution is -2.03. The van der Waals surface area contributed by atoms with E-state index in [9.17, 15) is 4.79 Å². The van der Waals surface area contributed by atoms with E-state index < -0.39 is 0 Å². The molecule has 1 aliphatic heterocycles. The van der Waals surface area contributed by atoms with Gasteiger partial charge < -0.3 is 4.74 Å². The highest BCUT2D eigenvalue weighted by Crippen LogP contribution is 2.16. The molecule has 0 aromatic heterocycles. The summed E-state index contributed by atoms with van der Waals surface area (Å²) in [5, 5.41) is 0. The van der Waals surface area contributed by atoms with E-state index in [1.807, 2.05) is 24.3 Å². The number of rotatable bonds is 2. The van der Waals surface area contributed by atoms with Crippen molar-refractivity contribution in [2.24, 2.45) is 4.99 Å². The largest absolute Gasteiger partial charge is 0.461 e.